The Bertz CT molecular complexity index is 688. The van der Waals surface area contributed by atoms with Crippen LogP contribution < -0.4 is 4.90 Å². The lowest BCUT2D eigenvalue weighted by Crippen LogP contribution is -2.43. The Hall–Kier alpha value is -1.73. The van der Waals surface area contributed by atoms with Crippen molar-refractivity contribution in [2.24, 2.45) is 0 Å². The van der Waals surface area contributed by atoms with Gasteiger partial charge in [0.2, 0.25) is 0 Å². The first-order chi connectivity index (χ1) is 9.59. The largest absolute Gasteiger partial charge is 0.353 e. The van der Waals surface area contributed by atoms with Crippen molar-refractivity contribution in [2.45, 2.75) is 18.6 Å². The van der Waals surface area contributed by atoms with Crippen LogP contribution in [0.3, 0.4) is 0 Å². The van der Waals surface area contributed by atoms with Crippen molar-refractivity contribution in [3.63, 3.8) is 0 Å². The van der Waals surface area contributed by atoms with E-state index >= 15 is 0 Å². The monoisotopic (exact) mass is 283 g/mol. The number of nitrogens with zero attached hydrogens (tertiary/aromatic N) is 3. The molecule has 3 nitrogen and oxygen atoms in total. The topological polar surface area (TPSA) is 39.9 Å². The van der Waals surface area contributed by atoms with E-state index in [1.165, 1.54) is 0 Å². The van der Waals surface area contributed by atoms with E-state index in [2.05, 4.69) is 24.8 Å². The molecule has 0 atom stereocenters. The quantitative estimate of drug-likeness (QED) is 0.804. The van der Waals surface area contributed by atoms with E-state index in [1.807, 2.05) is 42.1 Å². The summed E-state index contributed by atoms with van der Waals surface area (Å²) in [7, 11) is 0. The molecule has 2 aromatic rings. The Morgan fingerprint density at radius 3 is 2.90 bits per heavy atom. The minimum absolute atomic E-state index is 0.207. The Kier molecular flexibility index (Phi) is 3.31. The number of aromatic nitrogens is 1. The zero-order chi connectivity index (χ0) is 14.2. The SMILES string of the molecule is CC1(C)CN(c2nc3ccccc3cc2C#N)CCS1. The van der Waals surface area contributed by atoms with Gasteiger partial charge in [0.05, 0.1) is 11.1 Å². The maximum atomic E-state index is 9.42. The smallest absolute Gasteiger partial charge is 0.147 e. The molecule has 1 saturated heterocycles. The Balaban J connectivity index is 2.08. The number of thioether (sulfide) groups is 1. The fourth-order valence-corrected chi connectivity index (χ4v) is 3.74. The highest BCUT2D eigenvalue weighted by Crippen LogP contribution is 2.33. The molecule has 0 N–H and O–H groups in total. The molecule has 0 bridgehead atoms. The van der Waals surface area contributed by atoms with Crippen LogP contribution in [0.25, 0.3) is 10.9 Å². The molecular formula is C16H17N3S. The van der Waals surface area contributed by atoms with Gasteiger partial charge in [-0.25, -0.2) is 4.98 Å². The minimum atomic E-state index is 0.207. The van der Waals surface area contributed by atoms with Gasteiger partial charge in [-0.05, 0) is 26.0 Å². The normalized spacial score (nSPS) is 17.9. The Labute approximate surface area is 123 Å². The number of benzene rings is 1. The summed E-state index contributed by atoms with van der Waals surface area (Å²) in [4.78, 5) is 6.98. The van der Waals surface area contributed by atoms with E-state index in [1.54, 1.807) is 0 Å². The van der Waals surface area contributed by atoms with Crippen LogP contribution in [0.1, 0.15) is 19.4 Å². The van der Waals surface area contributed by atoms with Crippen LogP contribution in [0.2, 0.25) is 0 Å². The summed E-state index contributed by atoms with van der Waals surface area (Å²) < 4.78 is 0.207. The van der Waals surface area contributed by atoms with Gasteiger partial charge in [0.25, 0.3) is 0 Å². The zero-order valence-corrected chi connectivity index (χ0v) is 12.6. The van der Waals surface area contributed by atoms with Gasteiger partial charge in [-0.1, -0.05) is 18.2 Å². The maximum absolute atomic E-state index is 9.42. The fraction of sp³-hybridized carbons (Fsp3) is 0.375. The number of rotatable bonds is 1. The first-order valence-electron chi connectivity index (χ1n) is 6.78. The summed E-state index contributed by atoms with van der Waals surface area (Å²) >= 11 is 1.98. The van der Waals surface area contributed by atoms with Crippen molar-refractivity contribution >= 4 is 28.5 Å². The van der Waals surface area contributed by atoms with Gasteiger partial charge >= 0.3 is 0 Å². The summed E-state index contributed by atoms with van der Waals surface area (Å²) in [6.45, 7) is 6.37. The third-order valence-electron chi connectivity index (χ3n) is 3.55. The number of pyridine rings is 1. The van der Waals surface area contributed by atoms with Crippen LogP contribution in [0.4, 0.5) is 5.82 Å². The lowest BCUT2D eigenvalue weighted by molar-refractivity contribution is 0.642. The molecule has 3 rings (SSSR count). The number of anilines is 1. The molecule has 0 aliphatic carbocycles. The van der Waals surface area contributed by atoms with E-state index in [0.717, 1.165) is 35.6 Å². The average molecular weight is 283 g/mol. The summed E-state index contributed by atoms with van der Waals surface area (Å²) in [5, 5.41) is 10.4. The highest BCUT2D eigenvalue weighted by Gasteiger charge is 2.29. The third kappa shape index (κ3) is 2.46. The predicted molar refractivity (Wildman–Crippen MR) is 85.2 cm³/mol. The molecular weight excluding hydrogens is 266 g/mol. The van der Waals surface area contributed by atoms with Crippen LogP contribution in [-0.4, -0.2) is 28.6 Å². The van der Waals surface area contributed by atoms with Crippen LogP contribution in [0.5, 0.6) is 0 Å². The van der Waals surface area contributed by atoms with Crippen molar-refractivity contribution < 1.29 is 0 Å². The minimum Gasteiger partial charge on any atom is -0.353 e. The second-order valence-corrected chi connectivity index (χ2v) is 7.50. The predicted octanol–water partition coefficient (Wildman–Crippen LogP) is 3.44. The second kappa shape index (κ2) is 4.99. The molecule has 0 amide bonds. The molecule has 0 spiro atoms. The molecule has 20 heavy (non-hydrogen) atoms. The Morgan fingerprint density at radius 2 is 2.15 bits per heavy atom. The standard InChI is InChI=1S/C16H17N3S/c1-16(2)11-19(7-8-20-16)15-13(10-17)9-12-5-3-4-6-14(12)18-15/h3-6,9H,7-8,11H2,1-2H3. The van der Waals surface area contributed by atoms with E-state index in [9.17, 15) is 5.26 Å². The molecule has 0 unspecified atom stereocenters. The summed E-state index contributed by atoms with van der Waals surface area (Å²) in [5.74, 6) is 1.91. The first-order valence-corrected chi connectivity index (χ1v) is 7.76. The second-order valence-electron chi connectivity index (χ2n) is 5.69. The highest BCUT2D eigenvalue weighted by molar-refractivity contribution is 8.00. The number of para-hydroxylation sites is 1. The first kappa shape index (κ1) is 13.3. The van der Waals surface area contributed by atoms with Crippen molar-refractivity contribution in [3.05, 3.63) is 35.9 Å². The molecule has 0 saturated carbocycles. The number of hydrogen-bond acceptors (Lipinski definition) is 4. The lowest BCUT2D eigenvalue weighted by atomic mass is 10.1. The lowest BCUT2D eigenvalue weighted by Gasteiger charge is -2.38. The third-order valence-corrected chi connectivity index (χ3v) is 4.85. The molecule has 4 heteroatoms. The molecule has 1 fully saturated rings. The van der Waals surface area contributed by atoms with E-state index in [0.29, 0.717) is 5.56 Å². The van der Waals surface area contributed by atoms with Gasteiger partial charge in [0, 0.05) is 29.0 Å². The van der Waals surface area contributed by atoms with Gasteiger partial charge in [-0.15, -0.1) is 0 Å². The fourth-order valence-electron chi connectivity index (χ4n) is 2.63. The van der Waals surface area contributed by atoms with E-state index < -0.39 is 0 Å². The molecule has 1 aliphatic heterocycles. The molecule has 1 aromatic carbocycles. The van der Waals surface area contributed by atoms with Crippen LogP contribution in [0, 0.1) is 11.3 Å². The molecule has 2 heterocycles. The van der Waals surface area contributed by atoms with E-state index in [4.69, 9.17) is 4.98 Å². The maximum Gasteiger partial charge on any atom is 0.147 e. The van der Waals surface area contributed by atoms with Crippen molar-refractivity contribution in [2.75, 3.05) is 23.7 Å². The summed E-state index contributed by atoms with van der Waals surface area (Å²) in [6, 6.07) is 12.2. The number of nitriles is 1. The molecule has 1 aliphatic rings. The molecule has 1 aromatic heterocycles. The van der Waals surface area contributed by atoms with Crippen molar-refractivity contribution in [1.82, 2.24) is 4.98 Å². The van der Waals surface area contributed by atoms with Gasteiger partial charge in [0.1, 0.15) is 11.9 Å². The number of fused-ring (bicyclic) bond motifs is 1. The van der Waals surface area contributed by atoms with Crippen molar-refractivity contribution in [3.8, 4) is 6.07 Å². The van der Waals surface area contributed by atoms with Crippen molar-refractivity contribution in [1.29, 1.82) is 5.26 Å². The molecule has 102 valence electrons. The zero-order valence-electron chi connectivity index (χ0n) is 11.8. The summed E-state index contributed by atoms with van der Waals surface area (Å²) in [6.07, 6.45) is 0. The van der Waals surface area contributed by atoms with Crippen LogP contribution in [-0.2, 0) is 0 Å². The van der Waals surface area contributed by atoms with Gasteiger partial charge in [-0.2, -0.15) is 17.0 Å². The Morgan fingerprint density at radius 1 is 1.35 bits per heavy atom. The summed E-state index contributed by atoms with van der Waals surface area (Å²) in [5.41, 5.74) is 1.63. The van der Waals surface area contributed by atoms with Crippen LogP contribution in [0.15, 0.2) is 30.3 Å². The van der Waals surface area contributed by atoms with E-state index in [-0.39, 0.29) is 4.75 Å². The van der Waals surface area contributed by atoms with Gasteiger partial charge < -0.3 is 4.90 Å². The van der Waals surface area contributed by atoms with Gasteiger partial charge in [-0.3, -0.25) is 0 Å². The highest BCUT2D eigenvalue weighted by atomic mass is 32.2. The average Bonchev–Trinajstić information content (AvgIpc) is 2.44. The molecule has 0 radical (unpaired) electrons. The van der Waals surface area contributed by atoms with Gasteiger partial charge in [0.15, 0.2) is 0 Å². The van der Waals surface area contributed by atoms with Crippen LogP contribution >= 0.6 is 11.8 Å². The number of hydrogen-bond donors (Lipinski definition) is 0.